The third-order valence-electron chi connectivity index (χ3n) is 8.34. The number of aliphatic carboxylic acids is 1. The number of piperidine rings is 1. The maximum atomic E-state index is 12.9. The van der Waals surface area contributed by atoms with Crippen LogP contribution in [0.25, 0.3) is 11.1 Å². The molecule has 7 nitrogen and oxygen atoms in total. The molecule has 6 rings (SSSR count). The molecule has 2 N–H and O–H groups in total. The van der Waals surface area contributed by atoms with Crippen LogP contribution < -0.4 is 5.32 Å². The molecule has 0 aromatic heterocycles. The van der Waals surface area contributed by atoms with Crippen LogP contribution in [0, 0.1) is 17.8 Å². The van der Waals surface area contributed by atoms with Crippen molar-refractivity contribution in [3.63, 3.8) is 0 Å². The first-order valence-corrected chi connectivity index (χ1v) is 12.1. The second-order valence-electron chi connectivity index (χ2n) is 10.3. The van der Waals surface area contributed by atoms with E-state index in [1.54, 1.807) is 4.90 Å². The predicted molar refractivity (Wildman–Crippen MR) is 124 cm³/mol. The third-order valence-corrected chi connectivity index (χ3v) is 8.34. The molecule has 1 saturated heterocycles. The van der Waals surface area contributed by atoms with Crippen molar-refractivity contribution in [2.45, 2.75) is 37.1 Å². The normalized spacial score (nSPS) is 25.5. The van der Waals surface area contributed by atoms with E-state index in [-0.39, 0.29) is 42.6 Å². The molecule has 2 aromatic rings. The number of nitrogens with zero attached hydrogens (tertiary/aromatic N) is 1. The summed E-state index contributed by atoms with van der Waals surface area (Å²) in [6, 6.07) is 16.4. The van der Waals surface area contributed by atoms with Crippen LogP contribution >= 0.6 is 0 Å². The minimum absolute atomic E-state index is 0.00405. The molecule has 0 spiro atoms. The van der Waals surface area contributed by atoms with Gasteiger partial charge in [0.05, 0.1) is 17.9 Å². The molecule has 0 bridgehead atoms. The molecule has 3 fully saturated rings. The van der Waals surface area contributed by atoms with Crippen molar-refractivity contribution in [2.75, 3.05) is 19.7 Å². The van der Waals surface area contributed by atoms with Crippen LogP contribution in [-0.2, 0) is 14.3 Å². The summed E-state index contributed by atoms with van der Waals surface area (Å²) in [6.07, 6.45) is 2.23. The number of hydrogen-bond acceptors (Lipinski definition) is 4. The SMILES string of the molecule is O=C(NC1(CC(=O)N2CC3C(C2)C3C(=O)O)CCC1)OCC1c2ccccc2-c2ccccc21. The van der Waals surface area contributed by atoms with Gasteiger partial charge in [-0.05, 0) is 53.4 Å². The molecular weight excluding hydrogens is 432 g/mol. The Bertz CT molecular complexity index is 1120. The van der Waals surface area contributed by atoms with E-state index in [1.165, 1.54) is 11.1 Å². The molecule has 2 aromatic carbocycles. The monoisotopic (exact) mass is 460 g/mol. The highest BCUT2D eigenvalue weighted by atomic mass is 16.5. The van der Waals surface area contributed by atoms with Gasteiger partial charge in [-0.15, -0.1) is 0 Å². The van der Waals surface area contributed by atoms with E-state index >= 15 is 0 Å². The van der Waals surface area contributed by atoms with Gasteiger partial charge >= 0.3 is 12.1 Å². The number of alkyl carbamates (subject to hydrolysis) is 1. The number of rotatable bonds is 6. The fourth-order valence-electron chi connectivity index (χ4n) is 6.30. The number of carbonyl (C=O) groups is 3. The third kappa shape index (κ3) is 3.45. The molecule has 3 aliphatic carbocycles. The van der Waals surface area contributed by atoms with Gasteiger partial charge in [-0.3, -0.25) is 9.59 Å². The summed E-state index contributed by atoms with van der Waals surface area (Å²) in [5, 5.41) is 12.2. The van der Waals surface area contributed by atoms with Crippen molar-refractivity contribution in [3.05, 3.63) is 59.7 Å². The standard InChI is InChI=1S/C27H28N2O5/c30-23(29-13-20-21(14-29)24(20)25(31)32)12-27(10-5-11-27)28-26(33)34-15-22-18-8-3-1-6-16(18)17-7-2-4-9-19(17)22/h1-4,6-9,20-22,24H,5,10-15H2,(H,28,33)(H,31,32). The highest BCUT2D eigenvalue weighted by Crippen LogP contribution is 2.52. The van der Waals surface area contributed by atoms with E-state index in [4.69, 9.17) is 4.74 Å². The van der Waals surface area contributed by atoms with Gasteiger partial charge < -0.3 is 20.1 Å². The fraction of sp³-hybridized carbons (Fsp3) is 0.444. The summed E-state index contributed by atoms with van der Waals surface area (Å²) in [5.41, 5.74) is 4.14. The lowest BCUT2D eigenvalue weighted by Crippen LogP contribution is -2.56. The maximum Gasteiger partial charge on any atom is 0.407 e. The van der Waals surface area contributed by atoms with Crippen LogP contribution in [-0.4, -0.2) is 53.2 Å². The van der Waals surface area contributed by atoms with E-state index in [9.17, 15) is 19.5 Å². The summed E-state index contributed by atoms with van der Waals surface area (Å²) in [7, 11) is 0. The maximum absolute atomic E-state index is 12.9. The summed E-state index contributed by atoms with van der Waals surface area (Å²) in [4.78, 5) is 38.7. The van der Waals surface area contributed by atoms with E-state index in [0.29, 0.717) is 13.1 Å². The number of carboxylic acids is 1. The summed E-state index contributed by atoms with van der Waals surface area (Å²) in [5.74, 6) is -0.872. The smallest absolute Gasteiger partial charge is 0.407 e. The Hall–Kier alpha value is -3.35. The number of ether oxygens (including phenoxy) is 1. The largest absolute Gasteiger partial charge is 0.481 e. The van der Waals surface area contributed by atoms with E-state index in [0.717, 1.165) is 30.4 Å². The molecule has 34 heavy (non-hydrogen) atoms. The Morgan fingerprint density at radius 1 is 0.971 bits per heavy atom. The van der Waals surface area contributed by atoms with Crippen LogP contribution in [0.1, 0.15) is 42.7 Å². The quantitative estimate of drug-likeness (QED) is 0.686. The van der Waals surface area contributed by atoms with Gasteiger partial charge in [-0.25, -0.2) is 4.79 Å². The lowest BCUT2D eigenvalue weighted by Gasteiger charge is -2.42. The summed E-state index contributed by atoms with van der Waals surface area (Å²) < 4.78 is 5.70. The molecule has 2 saturated carbocycles. The molecule has 2 amide bonds. The van der Waals surface area contributed by atoms with Crippen LogP contribution in [0.4, 0.5) is 4.79 Å². The Balaban J connectivity index is 1.06. The zero-order chi connectivity index (χ0) is 23.4. The lowest BCUT2D eigenvalue weighted by atomic mass is 9.74. The minimum Gasteiger partial charge on any atom is -0.481 e. The average molecular weight is 461 g/mol. The Morgan fingerprint density at radius 2 is 1.56 bits per heavy atom. The molecule has 1 aliphatic heterocycles. The van der Waals surface area contributed by atoms with Gasteiger partial charge in [0.15, 0.2) is 0 Å². The average Bonchev–Trinajstić information content (AvgIpc) is 3.16. The lowest BCUT2D eigenvalue weighted by molar-refractivity contribution is -0.141. The Labute approximate surface area is 198 Å². The molecule has 2 atom stereocenters. The zero-order valence-corrected chi connectivity index (χ0v) is 18.9. The fourth-order valence-corrected chi connectivity index (χ4v) is 6.30. The van der Waals surface area contributed by atoms with Crippen molar-refractivity contribution in [1.29, 1.82) is 0 Å². The Kier molecular flexibility index (Phi) is 4.90. The van der Waals surface area contributed by atoms with Crippen molar-refractivity contribution in [2.24, 2.45) is 17.8 Å². The molecule has 1 heterocycles. The minimum atomic E-state index is -0.755. The topological polar surface area (TPSA) is 95.9 Å². The number of benzene rings is 2. The molecule has 2 unspecified atom stereocenters. The second-order valence-corrected chi connectivity index (χ2v) is 10.3. The summed E-state index contributed by atoms with van der Waals surface area (Å²) >= 11 is 0. The first kappa shape index (κ1) is 21.2. The van der Waals surface area contributed by atoms with Crippen LogP contribution in [0.15, 0.2) is 48.5 Å². The predicted octanol–water partition coefficient (Wildman–Crippen LogP) is 3.63. The zero-order valence-electron chi connectivity index (χ0n) is 18.9. The van der Waals surface area contributed by atoms with Gasteiger partial charge in [0, 0.05) is 19.0 Å². The van der Waals surface area contributed by atoms with Gasteiger partial charge in [-0.1, -0.05) is 48.5 Å². The van der Waals surface area contributed by atoms with Crippen LogP contribution in [0.3, 0.4) is 0 Å². The number of nitrogens with one attached hydrogen (secondary N) is 1. The number of carboxylic acid groups (broad SMARTS) is 1. The highest BCUT2D eigenvalue weighted by Gasteiger charge is 2.60. The van der Waals surface area contributed by atoms with Crippen molar-refractivity contribution >= 4 is 18.0 Å². The number of amides is 2. The van der Waals surface area contributed by atoms with Crippen LogP contribution in [0.2, 0.25) is 0 Å². The second kappa shape index (κ2) is 7.86. The Morgan fingerprint density at radius 3 is 2.09 bits per heavy atom. The molecule has 7 heteroatoms. The first-order chi connectivity index (χ1) is 16.5. The van der Waals surface area contributed by atoms with Gasteiger partial charge in [0.2, 0.25) is 5.91 Å². The molecule has 4 aliphatic rings. The molecular formula is C27H28N2O5. The van der Waals surface area contributed by atoms with Gasteiger partial charge in [-0.2, -0.15) is 0 Å². The first-order valence-electron chi connectivity index (χ1n) is 12.1. The van der Waals surface area contributed by atoms with Crippen LogP contribution in [0.5, 0.6) is 0 Å². The van der Waals surface area contributed by atoms with Crippen molar-refractivity contribution in [3.8, 4) is 11.1 Å². The van der Waals surface area contributed by atoms with Gasteiger partial charge in [0.25, 0.3) is 0 Å². The summed E-state index contributed by atoms with van der Waals surface area (Å²) in [6.45, 7) is 1.28. The molecule has 176 valence electrons. The number of likely N-dealkylation sites (tertiary alicyclic amines) is 1. The van der Waals surface area contributed by atoms with Gasteiger partial charge in [0.1, 0.15) is 6.61 Å². The van der Waals surface area contributed by atoms with E-state index in [1.807, 2.05) is 24.3 Å². The van der Waals surface area contributed by atoms with E-state index in [2.05, 4.69) is 29.6 Å². The van der Waals surface area contributed by atoms with E-state index < -0.39 is 17.6 Å². The number of fused-ring (bicyclic) bond motifs is 4. The molecule has 0 radical (unpaired) electrons. The van der Waals surface area contributed by atoms with Crippen molar-refractivity contribution < 1.29 is 24.2 Å². The highest BCUT2D eigenvalue weighted by molar-refractivity contribution is 5.82. The van der Waals surface area contributed by atoms with Crippen molar-refractivity contribution in [1.82, 2.24) is 10.2 Å². The number of hydrogen-bond donors (Lipinski definition) is 2. The number of carbonyl (C=O) groups excluding carboxylic acids is 2.